The van der Waals surface area contributed by atoms with Crippen LogP contribution in [-0.2, 0) is 11.2 Å². The number of carbonyl (C=O) groups is 2. The van der Waals surface area contributed by atoms with Crippen LogP contribution in [0.3, 0.4) is 0 Å². The van der Waals surface area contributed by atoms with Crippen LogP contribution in [0.5, 0.6) is 0 Å². The summed E-state index contributed by atoms with van der Waals surface area (Å²) in [5.74, 6) is 5.42. The number of amides is 2. The number of primary amides is 1. The van der Waals surface area contributed by atoms with Gasteiger partial charge < -0.3 is 16.8 Å². The molecule has 5 aromatic rings. The predicted molar refractivity (Wildman–Crippen MR) is 166 cm³/mol. The third kappa shape index (κ3) is 6.51. The molecule has 0 aliphatic carbocycles. The highest BCUT2D eigenvalue weighted by atomic mass is 16.2. The molecule has 3 heterocycles. The Balaban J connectivity index is 0.000000241. The van der Waals surface area contributed by atoms with Gasteiger partial charge in [0.2, 0.25) is 5.91 Å². The van der Waals surface area contributed by atoms with Gasteiger partial charge >= 0.3 is 0 Å². The fraction of sp³-hybridized carbons (Fsp3) is 0.121. The smallest absolute Gasteiger partial charge is 0.264 e. The number of para-hydroxylation sites is 1. The second-order valence-electron chi connectivity index (χ2n) is 9.11. The maximum Gasteiger partial charge on any atom is 0.264 e. The standard InChI is InChI=1S/C24H22N2O2.C9H8N4O/c1-3-20-17-19-13-10-12-18(11-8-9-16-25-22(27)4-2)23(19)24(28)26(20)21-14-6-5-7-15-21;10-8-6(9(11)14)7-5(4-13-8)2-1-3-12-7/h4-7,10,12-15,17H,2-3,9,16H2,1H3,(H,25,27);1-4H,(H2,10,13)(H2,11,14). The van der Waals surface area contributed by atoms with Gasteiger partial charge in [0.15, 0.2) is 0 Å². The Hall–Kier alpha value is -5.75. The van der Waals surface area contributed by atoms with Crippen molar-refractivity contribution in [2.45, 2.75) is 19.8 Å². The van der Waals surface area contributed by atoms with Gasteiger partial charge in [0.1, 0.15) is 11.4 Å². The molecular formula is C33H30N6O3. The molecule has 0 aliphatic heterocycles. The number of aromatic nitrogens is 3. The second-order valence-corrected chi connectivity index (χ2v) is 9.11. The number of nitrogens with two attached hydrogens (primary N) is 2. The monoisotopic (exact) mass is 558 g/mol. The lowest BCUT2D eigenvalue weighted by molar-refractivity contribution is -0.116. The van der Waals surface area contributed by atoms with E-state index in [4.69, 9.17) is 11.5 Å². The van der Waals surface area contributed by atoms with E-state index in [-0.39, 0.29) is 22.8 Å². The number of rotatable bonds is 6. The number of fused-ring (bicyclic) bond motifs is 2. The fourth-order valence-corrected chi connectivity index (χ4v) is 4.42. The van der Waals surface area contributed by atoms with Gasteiger partial charge in [-0.2, -0.15) is 0 Å². The van der Waals surface area contributed by atoms with Gasteiger partial charge in [-0.1, -0.05) is 55.7 Å². The number of pyridine rings is 3. The third-order valence-electron chi connectivity index (χ3n) is 6.38. The van der Waals surface area contributed by atoms with Crippen LogP contribution >= 0.6 is 0 Å². The average Bonchev–Trinajstić information content (AvgIpc) is 3.01. The van der Waals surface area contributed by atoms with Crippen molar-refractivity contribution in [3.8, 4) is 17.5 Å². The molecule has 2 aromatic carbocycles. The summed E-state index contributed by atoms with van der Waals surface area (Å²) in [6.45, 7) is 5.90. The minimum Gasteiger partial charge on any atom is -0.383 e. The van der Waals surface area contributed by atoms with E-state index in [1.165, 1.54) is 6.08 Å². The first-order valence-electron chi connectivity index (χ1n) is 13.3. The molecule has 0 saturated heterocycles. The minimum absolute atomic E-state index is 0.0644. The van der Waals surface area contributed by atoms with Crippen LogP contribution < -0.4 is 22.3 Å². The van der Waals surface area contributed by atoms with Gasteiger partial charge in [-0.25, -0.2) is 4.98 Å². The van der Waals surface area contributed by atoms with E-state index >= 15 is 0 Å². The zero-order valence-electron chi connectivity index (χ0n) is 23.1. The Morgan fingerprint density at radius 3 is 2.52 bits per heavy atom. The number of hydrogen-bond donors (Lipinski definition) is 3. The zero-order chi connectivity index (χ0) is 30.1. The molecule has 210 valence electrons. The molecule has 9 nitrogen and oxygen atoms in total. The summed E-state index contributed by atoms with van der Waals surface area (Å²) < 4.78 is 1.76. The lowest BCUT2D eigenvalue weighted by Crippen LogP contribution is -2.22. The number of nitrogens with zero attached hydrogens (tertiary/aromatic N) is 3. The number of nitrogens with one attached hydrogen (secondary N) is 1. The van der Waals surface area contributed by atoms with Crippen molar-refractivity contribution in [3.63, 3.8) is 0 Å². The summed E-state index contributed by atoms with van der Waals surface area (Å²) in [4.78, 5) is 43.6. The lowest BCUT2D eigenvalue weighted by atomic mass is 10.0. The first-order chi connectivity index (χ1) is 20.3. The number of hydrogen-bond acceptors (Lipinski definition) is 6. The van der Waals surface area contributed by atoms with E-state index in [9.17, 15) is 14.4 Å². The predicted octanol–water partition coefficient (Wildman–Crippen LogP) is 3.91. The van der Waals surface area contributed by atoms with Gasteiger partial charge in [0.05, 0.1) is 10.9 Å². The van der Waals surface area contributed by atoms with Crippen LogP contribution in [0.4, 0.5) is 5.82 Å². The highest BCUT2D eigenvalue weighted by Gasteiger charge is 2.13. The average molecular weight is 559 g/mol. The fourth-order valence-electron chi connectivity index (χ4n) is 4.42. The van der Waals surface area contributed by atoms with Gasteiger partial charge in [-0.15, -0.1) is 0 Å². The van der Waals surface area contributed by atoms with Crippen molar-refractivity contribution in [3.05, 3.63) is 119 Å². The topological polar surface area (TPSA) is 146 Å². The SMILES string of the molecule is C=CC(=O)NCCC#Cc1cccc2cc(CC)n(-c3ccccc3)c(=O)c12.NC(=O)c1c(N)ncc2cccnc12. The molecule has 0 radical (unpaired) electrons. The van der Waals surface area contributed by atoms with Gasteiger partial charge in [-0.05, 0) is 54.3 Å². The van der Waals surface area contributed by atoms with Crippen molar-refractivity contribution >= 4 is 39.3 Å². The zero-order valence-corrected chi connectivity index (χ0v) is 23.1. The molecule has 0 bridgehead atoms. The third-order valence-corrected chi connectivity index (χ3v) is 6.38. The van der Waals surface area contributed by atoms with E-state index in [1.807, 2.05) is 55.5 Å². The quantitative estimate of drug-likeness (QED) is 0.164. The van der Waals surface area contributed by atoms with Crippen molar-refractivity contribution in [2.75, 3.05) is 12.3 Å². The maximum absolute atomic E-state index is 13.4. The van der Waals surface area contributed by atoms with Crippen LogP contribution in [0.2, 0.25) is 0 Å². The summed E-state index contributed by atoms with van der Waals surface area (Å²) in [6, 6.07) is 21.0. The minimum atomic E-state index is -0.612. The van der Waals surface area contributed by atoms with Crippen LogP contribution in [-0.4, -0.2) is 32.9 Å². The van der Waals surface area contributed by atoms with Gasteiger partial charge in [0, 0.05) is 47.7 Å². The van der Waals surface area contributed by atoms with Crippen LogP contribution in [0, 0.1) is 11.8 Å². The molecule has 5 rings (SSSR count). The van der Waals surface area contributed by atoms with E-state index in [0.29, 0.717) is 29.4 Å². The summed E-state index contributed by atoms with van der Waals surface area (Å²) >= 11 is 0. The van der Waals surface area contributed by atoms with Gasteiger partial charge in [-0.3, -0.25) is 23.9 Å². The summed E-state index contributed by atoms with van der Waals surface area (Å²) in [6.07, 6.45) is 5.61. The van der Waals surface area contributed by atoms with E-state index < -0.39 is 5.91 Å². The molecule has 0 fully saturated rings. The van der Waals surface area contributed by atoms with Crippen molar-refractivity contribution < 1.29 is 9.59 Å². The summed E-state index contributed by atoms with van der Waals surface area (Å²) in [7, 11) is 0. The molecule has 2 amide bonds. The molecule has 0 aliphatic rings. The first kappa shape index (κ1) is 29.2. The molecule has 0 atom stereocenters. The van der Waals surface area contributed by atoms with Crippen LogP contribution in [0.25, 0.3) is 27.4 Å². The molecule has 3 aromatic heterocycles. The highest BCUT2D eigenvalue weighted by molar-refractivity contribution is 6.08. The van der Waals surface area contributed by atoms with E-state index in [1.54, 1.807) is 29.1 Å². The molecule has 9 heteroatoms. The Labute approximate surface area is 242 Å². The highest BCUT2D eigenvalue weighted by Crippen LogP contribution is 2.20. The van der Waals surface area contributed by atoms with Crippen LogP contribution in [0.1, 0.15) is 35.0 Å². The summed E-state index contributed by atoms with van der Waals surface area (Å²) in [5, 5.41) is 4.94. The van der Waals surface area contributed by atoms with Crippen molar-refractivity contribution in [1.82, 2.24) is 19.9 Å². The normalized spacial score (nSPS) is 10.2. The number of aryl methyl sites for hydroxylation is 1. The molecule has 0 spiro atoms. The van der Waals surface area contributed by atoms with E-state index in [0.717, 1.165) is 28.6 Å². The number of nitrogen functional groups attached to an aromatic ring is 1. The van der Waals surface area contributed by atoms with Crippen molar-refractivity contribution in [1.29, 1.82) is 0 Å². The van der Waals surface area contributed by atoms with Crippen molar-refractivity contribution in [2.24, 2.45) is 5.73 Å². The Morgan fingerprint density at radius 2 is 1.81 bits per heavy atom. The molecule has 42 heavy (non-hydrogen) atoms. The second kappa shape index (κ2) is 13.5. The molecular weight excluding hydrogens is 528 g/mol. The molecule has 5 N–H and O–H groups in total. The van der Waals surface area contributed by atoms with Crippen LogP contribution in [0.15, 0.2) is 96.6 Å². The molecule has 0 saturated carbocycles. The lowest BCUT2D eigenvalue weighted by Gasteiger charge is -2.14. The van der Waals surface area contributed by atoms with Gasteiger partial charge in [0.25, 0.3) is 11.5 Å². The molecule has 0 unspecified atom stereocenters. The van der Waals surface area contributed by atoms with E-state index in [2.05, 4.69) is 39.8 Å². The number of carbonyl (C=O) groups excluding carboxylic acids is 2. The number of benzene rings is 2. The first-order valence-corrected chi connectivity index (χ1v) is 13.3. The maximum atomic E-state index is 13.4. The Morgan fingerprint density at radius 1 is 1.05 bits per heavy atom. The Bertz CT molecular complexity index is 1900. The number of anilines is 1. The largest absolute Gasteiger partial charge is 0.383 e. The summed E-state index contributed by atoms with van der Waals surface area (Å²) in [5.41, 5.74) is 13.8. The Kier molecular flexibility index (Phi) is 9.43.